The van der Waals surface area contributed by atoms with Crippen molar-refractivity contribution in [3.8, 4) is 0 Å². The fraction of sp³-hybridized carbons (Fsp3) is 0.615. The van der Waals surface area contributed by atoms with E-state index < -0.39 is 0 Å². The highest BCUT2D eigenvalue weighted by Gasteiger charge is 2.09. The van der Waals surface area contributed by atoms with E-state index in [0.717, 1.165) is 23.7 Å². The largest absolute Gasteiger partial charge is 0.466 e. The lowest BCUT2D eigenvalue weighted by atomic mass is 9.99. The third-order valence-corrected chi connectivity index (χ3v) is 3.72. The molecule has 1 aromatic heterocycles. The van der Waals surface area contributed by atoms with Crippen LogP contribution >= 0.6 is 11.3 Å². The Hall–Kier alpha value is -1.43. The predicted octanol–water partition coefficient (Wildman–Crippen LogP) is 2.98. The van der Waals surface area contributed by atoms with Gasteiger partial charge in [0.25, 0.3) is 0 Å². The molecule has 1 aliphatic carbocycles. The van der Waals surface area contributed by atoms with Gasteiger partial charge in [0.15, 0.2) is 0 Å². The molecule has 1 fully saturated rings. The predicted molar refractivity (Wildman–Crippen MR) is 76.6 cm³/mol. The minimum absolute atomic E-state index is 0.225. The van der Waals surface area contributed by atoms with Gasteiger partial charge in [-0.15, -0.1) is 11.3 Å². The molecule has 1 saturated carbocycles. The minimum Gasteiger partial charge on any atom is -0.466 e. The third-order valence-electron chi connectivity index (χ3n) is 2.92. The second kappa shape index (κ2) is 7.23. The summed E-state index contributed by atoms with van der Waals surface area (Å²) in [6.45, 7) is 2.20. The maximum Gasteiger partial charge on any atom is 0.311 e. The van der Waals surface area contributed by atoms with E-state index in [9.17, 15) is 4.79 Å². The molecule has 0 aromatic carbocycles. The van der Waals surface area contributed by atoms with Crippen molar-refractivity contribution in [2.75, 3.05) is 12.0 Å². The highest BCUT2D eigenvalue weighted by molar-refractivity contribution is 7.13. The monoisotopic (exact) mass is 281 g/mol. The Morgan fingerprint density at radius 1 is 1.47 bits per heavy atom. The van der Waals surface area contributed by atoms with E-state index in [1.165, 1.54) is 36.3 Å². The zero-order valence-corrected chi connectivity index (χ0v) is 12.0. The fourth-order valence-electron chi connectivity index (χ4n) is 2.00. The van der Waals surface area contributed by atoms with Gasteiger partial charge in [-0.1, -0.05) is 6.42 Å². The first-order valence-corrected chi connectivity index (χ1v) is 7.57. The number of nitrogens with one attached hydrogen (secondary N) is 1. The van der Waals surface area contributed by atoms with Crippen LogP contribution in [0.1, 0.15) is 44.7 Å². The first-order valence-electron chi connectivity index (χ1n) is 6.69. The Kier molecular flexibility index (Phi) is 5.32. The molecular formula is C13H19N3O2S. The smallest absolute Gasteiger partial charge is 0.311 e. The Morgan fingerprint density at radius 2 is 2.26 bits per heavy atom. The molecular weight excluding hydrogens is 262 g/mol. The summed E-state index contributed by atoms with van der Waals surface area (Å²) in [5, 5.41) is 6.98. The van der Waals surface area contributed by atoms with Crippen LogP contribution < -0.4 is 5.43 Å². The zero-order chi connectivity index (χ0) is 13.5. The van der Waals surface area contributed by atoms with Gasteiger partial charge in [0.2, 0.25) is 5.13 Å². The molecule has 0 spiro atoms. The summed E-state index contributed by atoms with van der Waals surface area (Å²) in [5.74, 6) is -0.238. The summed E-state index contributed by atoms with van der Waals surface area (Å²) < 4.78 is 4.89. The Bertz CT molecular complexity index is 448. The number of carbonyl (C=O) groups is 1. The van der Waals surface area contributed by atoms with E-state index in [1.54, 1.807) is 6.92 Å². The first-order chi connectivity index (χ1) is 9.28. The van der Waals surface area contributed by atoms with Gasteiger partial charge in [-0.05, 0) is 32.6 Å². The van der Waals surface area contributed by atoms with E-state index in [1.807, 2.05) is 5.38 Å². The molecule has 104 valence electrons. The van der Waals surface area contributed by atoms with Crippen molar-refractivity contribution in [1.29, 1.82) is 0 Å². The highest BCUT2D eigenvalue weighted by atomic mass is 32.1. The average Bonchev–Trinajstić information content (AvgIpc) is 2.85. The lowest BCUT2D eigenvalue weighted by molar-refractivity contribution is -0.142. The number of thiazole rings is 1. The molecule has 0 bridgehead atoms. The van der Waals surface area contributed by atoms with Gasteiger partial charge in [0, 0.05) is 11.1 Å². The molecule has 0 saturated heterocycles. The molecule has 1 N–H and O–H groups in total. The van der Waals surface area contributed by atoms with Crippen LogP contribution in [0.25, 0.3) is 0 Å². The molecule has 19 heavy (non-hydrogen) atoms. The molecule has 1 heterocycles. The number of hydrogen-bond donors (Lipinski definition) is 1. The molecule has 2 rings (SSSR count). The topological polar surface area (TPSA) is 63.6 Å². The molecule has 0 aliphatic heterocycles. The maximum atomic E-state index is 11.3. The van der Waals surface area contributed by atoms with Crippen LogP contribution in [0.4, 0.5) is 5.13 Å². The van der Waals surface area contributed by atoms with E-state index in [0.29, 0.717) is 6.61 Å². The summed E-state index contributed by atoms with van der Waals surface area (Å²) in [4.78, 5) is 15.6. The van der Waals surface area contributed by atoms with E-state index in [2.05, 4.69) is 15.5 Å². The second-order valence-corrected chi connectivity index (χ2v) is 5.33. The summed E-state index contributed by atoms with van der Waals surface area (Å²) in [6.07, 6.45) is 6.14. The Labute approximate surface area is 117 Å². The van der Waals surface area contributed by atoms with Crippen molar-refractivity contribution < 1.29 is 9.53 Å². The van der Waals surface area contributed by atoms with Crippen molar-refractivity contribution in [3.05, 3.63) is 11.1 Å². The summed E-state index contributed by atoms with van der Waals surface area (Å²) in [7, 11) is 0. The quantitative estimate of drug-likeness (QED) is 0.665. The molecule has 0 unspecified atom stereocenters. The maximum absolute atomic E-state index is 11.3. The van der Waals surface area contributed by atoms with Crippen LogP contribution in [0.5, 0.6) is 0 Å². The van der Waals surface area contributed by atoms with Gasteiger partial charge in [0.05, 0.1) is 18.7 Å². The lowest BCUT2D eigenvalue weighted by Crippen LogP contribution is -2.08. The molecule has 6 heteroatoms. The molecule has 1 aromatic rings. The lowest BCUT2D eigenvalue weighted by Gasteiger charge is -2.11. The highest BCUT2D eigenvalue weighted by Crippen LogP contribution is 2.18. The fourth-order valence-corrected chi connectivity index (χ4v) is 2.65. The van der Waals surface area contributed by atoms with Crippen molar-refractivity contribution in [2.24, 2.45) is 5.10 Å². The van der Waals surface area contributed by atoms with Crippen LogP contribution in [-0.4, -0.2) is 23.3 Å². The van der Waals surface area contributed by atoms with Gasteiger partial charge in [-0.2, -0.15) is 5.10 Å². The molecule has 0 amide bonds. The molecule has 0 atom stereocenters. The van der Waals surface area contributed by atoms with Crippen LogP contribution in [0, 0.1) is 0 Å². The van der Waals surface area contributed by atoms with Crippen molar-refractivity contribution in [3.63, 3.8) is 0 Å². The zero-order valence-electron chi connectivity index (χ0n) is 11.1. The van der Waals surface area contributed by atoms with E-state index >= 15 is 0 Å². The van der Waals surface area contributed by atoms with Gasteiger partial charge in [-0.3, -0.25) is 10.2 Å². The van der Waals surface area contributed by atoms with E-state index in [4.69, 9.17) is 4.74 Å². The van der Waals surface area contributed by atoms with Crippen molar-refractivity contribution in [2.45, 2.75) is 45.4 Å². The van der Waals surface area contributed by atoms with Crippen LogP contribution in [0.2, 0.25) is 0 Å². The summed E-state index contributed by atoms with van der Waals surface area (Å²) in [6, 6.07) is 0. The average molecular weight is 281 g/mol. The van der Waals surface area contributed by atoms with E-state index in [-0.39, 0.29) is 12.4 Å². The van der Waals surface area contributed by atoms with Gasteiger partial charge in [-0.25, -0.2) is 4.98 Å². The molecule has 0 radical (unpaired) electrons. The number of carbonyl (C=O) groups excluding carboxylic acids is 1. The minimum atomic E-state index is -0.238. The third kappa shape index (κ3) is 4.63. The number of rotatable bonds is 5. The van der Waals surface area contributed by atoms with Crippen LogP contribution in [0.3, 0.4) is 0 Å². The standard InChI is InChI=1S/C13H19N3O2S/c1-2-18-12(17)8-11-9-19-13(14-11)16-15-10-6-4-3-5-7-10/h9H,2-8H2,1H3,(H,14,16). The van der Waals surface area contributed by atoms with Crippen molar-refractivity contribution >= 4 is 28.1 Å². The number of ether oxygens (including phenoxy) is 1. The van der Waals surface area contributed by atoms with Gasteiger partial charge < -0.3 is 4.74 Å². The van der Waals surface area contributed by atoms with Gasteiger partial charge >= 0.3 is 5.97 Å². The normalized spacial score (nSPS) is 15.1. The number of hydrogen-bond acceptors (Lipinski definition) is 6. The number of esters is 1. The molecule has 1 aliphatic rings. The summed E-state index contributed by atoms with van der Waals surface area (Å²) in [5.41, 5.74) is 4.93. The Balaban J connectivity index is 1.84. The number of nitrogens with zero attached hydrogens (tertiary/aromatic N) is 2. The number of hydrazone groups is 1. The number of aromatic nitrogens is 1. The molecule has 5 nitrogen and oxygen atoms in total. The first kappa shape index (κ1) is 14.0. The second-order valence-electron chi connectivity index (χ2n) is 4.48. The SMILES string of the molecule is CCOC(=O)Cc1csc(NN=C2CCCCC2)n1. The van der Waals surface area contributed by atoms with Crippen LogP contribution in [0.15, 0.2) is 10.5 Å². The summed E-state index contributed by atoms with van der Waals surface area (Å²) >= 11 is 1.46. The number of anilines is 1. The van der Waals surface area contributed by atoms with Crippen molar-refractivity contribution in [1.82, 2.24) is 4.98 Å². The van der Waals surface area contributed by atoms with Crippen LogP contribution in [-0.2, 0) is 16.0 Å². The van der Waals surface area contributed by atoms with Gasteiger partial charge in [0.1, 0.15) is 0 Å². The Morgan fingerprint density at radius 3 is 3.00 bits per heavy atom.